The van der Waals surface area contributed by atoms with E-state index in [9.17, 15) is 13.0 Å². The van der Waals surface area contributed by atoms with Gasteiger partial charge in [-0.15, -0.1) is 0 Å². The Bertz CT molecular complexity index is 730. The van der Waals surface area contributed by atoms with Crippen LogP contribution in [0.5, 0.6) is 0 Å². The highest BCUT2D eigenvalue weighted by molar-refractivity contribution is 7.85. The average Bonchev–Trinajstić information content (AvgIpc) is 2.48. The number of hydrogen-bond donors (Lipinski definition) is 4. The van der Waals surface area contributed by atoms with Gasteiger partial charge in [0.25, 0.3) is 10.1 Å². The van der Waals surface area contributed by atoms with E-state index in [1.807, 2.05) is 0 Å². The van der Waals surface area contributed by atoms with Gasteiger partial charge in [-0.3, -0.25) is 9.98 Å². The molecule has 1 aromatic rings. The predicted molar refractivity (Wildman–Crippen MR) is 77.3 cm³/mol. The summed E-state index contributed by atoms with van der Waals surface area (Å²) in [5, 5.41) is 32.0. The molecule has 0 fully saturated rings. The Labute approximate surface area is 127 Å². The van der Waals surface area contributed by atoms with Gasteiger partial charge in [-0.25, -0.2) is 0 Å². The minimum Gasteiger partial charge on any atom is -0.395 e. The van der Waals surface area contributed by atoms with Gasteiger partial charge >= 0.3 is 0 Å². The van der Waals surface area contributed by atoms with E-state index < -0.39 is 15.8 Å². The lowest BCUT2D eigenvalue weighted by Crippen LogP contribution is -2.19. The summed E-state index contributed by atoms with van der Waals surface area (Å²) in [5.74, 6) is 0. The maximum atomic E-state index is 11.4. The van der Waals surface area contributed by atoms with Gasteiger partial charge in [-0.1, -0.05) is 6.07 Å². The number of nitrogens with one attached hydrogen (secondary N) is 2. The van der Waals surface area contributed by atoms with E-state index in [1.54, 1.807) is 0 Å². The highest BCUT2D eigenvalue weighted by Crippen LogP contribution is 2.20. The molecule has 0 bridgehead atoms. The lowest BCUT2D eigenvalue weighted by Gasteiger charge is -2.10. The lowest BCUT2D eigenvalue weighted by atomic mass is 10.2. The molecule has 0 spiro atoms. The number of nitrogens with zero attached hydrogens (tertiary/aromatic N) is 3. The zero-order chi connectivity index (χ0) is 16.6. The Hall–Kier alpha value is -2.50. The van der Waals surface area contributed by atoms with Crippen LogP contribution in [0.2, 0.25) is 0 Å². The first-order valence-electron chi connectivity index (χ1n) is 5.98. The van der Waals surface area contributed by atoms with Crippen molar-refractivity contribution in [2.75, 3.05) is 18.6 Å². The van der Waals surface area contributed by atoms with E-state index in [-0.39, 0.29) is 30.3 Å². The highest BCUT2D eigenvalue weighted by Gasteiger charge is 2.16. The van der Waals surface area contributed by atoms with Crippen LogP contribution >= 0.6 is 0 Å². The zero-order valence-electron chi connectivity index (χ0n) is 11.3. The van der Waals surface area contributed by atoms with Crippen molar-refractivity contribution in [2.45, 2.75) is 11.4 Å². The van der Waals surface area contributed by atoms with Crippen LogP contribution in [-0.2, 0) is 16.7 Å². The number of hydrogen-bond acceptors (Lipinski definition) is 8. The van der Waals surface area contributed by atoms with E-state index in [0.717, 1.165) is 6.07 Å². The summed E-state index contributed by atoms with van der Waals surface area (Å²) in [6, 6.07) is 7.11. The largest absolute Gasteiger partial charge is 0.395 e. The third kappa shape index (κ3) is 5.12. The molecule has 0 heterocycles. The van der Waals surface area contributed by atoms with Gasteiger partial charge in [0.2, 0.25) is 5.71 Å². The molecule has 1 rings (SSSR count). The number of rotatable bonds is 7. The third-order valence-electron chi connectivity index (χ3n) is 2.46. The summed E-state index contributed by atoms with van der Waals surface area (Å²) in [4.78, 5) is -0.339. The fraction of sp³-hybridized carbons (Fsp3) is 0.250. The van der Waals surface area contributed by atoms with Crippen molar-refractivity contribution in [1.82, 2.24) is 5.32 Å². The predicted octanol–water partition coefficient (Wildman–Crippen LogP) is -0.170. The van der Waals surface area contributed by atoms with Gasteiger partial charge in [0.05, 0.1) is 12.3 Å². The van der Waals surface area contributed by atoms with Gasteiger partial charge in [0, 0.05) is 13.1 Å². The molecule has 0 unspecified atom stereocenters. The molecule has 116 valence electrons. The molecule has 0 aliphatic carbocycles. The number of benzene rings is 1. The van der Waals surface area contributed by atoms with Crippen molar-refractivity contribution in [3.05, 3.63) is 23.8 Å². The molecule has 0 saturated heterocycles. The Balaban J connectivity index is 3.09. The molecule has 0 radical (unpaired) electrons. The van der Waals surface area contributed by atoms with Crippen molar-refractivity contribution >= 4 is 21.5 Å². The standard InChI is InChI=1S/C12H13N5O4S/c13-6-11(7-14)17-16-10-2-1-9(8-15-3-4-18)12(5-10)22(19,20)21/h1-2,5,15-16,18H,3-4,8H2,(H,19,20,21). The van der Waals surface area contributed by atoms with E-state index in [4.69, 9.17) is 15.6 Å². The summed E-state index contributed by atoms with van der Waals surface area (Å²) in [7, 11) is -4.46. The maximum Gasteiger partial charge on any atom is 0.294 e. The van der Waals surface area contributed by atoms with Crippen LogP contribution in [0.15, 0.2) is 28.2 Å². The SMILES string of the molecule is N#CC(C#N)=NNc1ccc(CNCCO)c(S(=O)(=O)O)c1. The number of nitriles is 2. The molecule has 4 N–H and O–H groups in total. The highest BCUT2D eigenvalue weighted by atomic mass is 32.2. The average molecular weight is 323 g/mol. The number of hydrazone groups is 1. The summed E-state index contributed by atoms with van der Waals surface area (Å²) < 4.78 is 32.0. The normalized spacial score (nSPS) is 10.4. The van der Waals surface area contributed by atoms with Gasteiger partial charge in [0.1, 0.15) is 17.0 Å². The summed E-state index contributed by atoms with van der Waals surface area (Å²) in [6.07, 6.45) is 0. The third-order valence-corrected chi connectivity index (χ3v) is 3.39. The molecule has 0 aliphatic rings. The topological polar surface area (TPSA) is 159 Å². The minimum absolute atomic E-state index is 0.110. The summed E-state index contributed by atoms with van der Waals surface area (Å²) >= 11 is 0. The Morgan fingerprint density at radius 3 is 2.55 bits per heavy atom. The molecular weight excluding hydrogens is 310 g/mol. The van der Waals surface area contributed by atoms with E-state index in [1.165, 1.54) is 24.3 Å². The van der Waals surface area contributed by atoms with Crippen LogP contribution in [0.3, 0.4) is 0 Å². The van der Waals surface area contributed by atoms with E-state index >= 15 is 0 Å². The monoisotopic (exact) mass is 323 g/mol. The van der Waals surface area contributed by atoms with Crippen molar-refractivity contribution in [2.24, 2.45) is 5.10 Å². The second kappa shape index (κ2) is 8.07. The Morgan fingerprint density at radius 2 is 2.00 bits per heavy atom. The molecule has 22 heavy (non-hydrogen) atoms. The van der Waals surface area contributed by atoms with Crippen LogP contribution in [0.1, 0.15) is 5.56 Å². The van der Waals surface area contributed by atoms with Crippen LogP contribution in [0, 0.1) is 22.7 Å². The van der Waals surface area contributed by atoms with Crippen molar-refractivity contribution < 1.29 is 18.1 Å². The molecule has 0 aromatic heterocycles. The summed E-state index contributed by atoms with van der Waals surface area (Å²) in [6.45, 7) is 0.282. The van der Waals surface area contributed by atoms with E-state index in [0.29, 0.717) is 5.56 Å². The second-order valence-electron chi connectivity index (χ2n) is 3.99. The molecule has 0 atom stereocenters. The zero-order valence-corrected chi connectivity index (χ0v) is 12.1. The van der Waals surface area contributed by atoms with Crippen LogP contribution < -0.4 is 10.7 Å². The van der Waals surface area contributed by atoms with Gasteiger partial charge in [-0.2, -0.15) is 24.0 Å². The quantitative estimate of drug-likeness (QED) is 0.233. The van der Waals surface area contributed by atoms with Crippen LogP contribution in [0.25, 0.3) is 0 Å². The fourth-order valence-corrected chi connectivity index (χ4v) is 2.26. The first kappa shape index (κ1) is 17.6. The molecule has 0 amide bonds. The fourth-order valence-electron chi connectivity index (χ4n) is 1.51. The minimum atomic E-state index is -4.46. The molecule has 10 heteroatoms. The first-order chi connectivity index (χ1) is 10.4. The first-order valence-corrected chi connectivity index (χ1v) is 7.42. The molecule has 0 saturated carbocycles. The van der Waals surface area contributed by atoms with Crippen LogP contribution in [-0.4, -0.2) is 36.9 Å². The Kier molecular flexibility index (Phi) is 6.44. The molecular formula is C12H13N5O4S. The van der Waals surface area contributed by atoms with Crippen molar-refractivity contribution in [1.29, 1.82) is 10.5 Å². The van der Waals surface area contributed by atoms with E-state index in [2.05, 4.69) is 15.8 Å². The smallest absolute Gasteiger partial charge is 0.294 e. The number of aliphatic hydroxyl groups is 1. The summed E-state index contributed by atoms with van der Waals surface area (Å²) in [5.41, 5.74) is 2.41. The molecule has 0 aliphatic heterocycles. The Morgan fingerprint density at radius 1 is 1.32 bits per heavy atom. The lowest BCUT2D eigenvalue weighted by molar-refractivity contribution is 0.292. The second-order valence-corrected chi connectivity index (χ2v) is 5.38. The maximum absolute atomic E-state index is 11.4. The number of aliphatic hydroxyl groups excluding tert-OH is 1. The van der Waals surface area contributed by atoms with Crippen molar-refractivity contribution in [3.8, 4) is 12.1 Å². The van der Waals surface area contributed by atoms with Crippen molar-refractivity contribution in [3.63, 3.8) is 0 Å². The number of anilines is 1. The van der Waals surface area contributed by atoms with Gasteiger partial charge < -0.3 is 10.4 Å². The molecule has 1 aromatic carbocycles. The van der Waals surface area contributed by atoms with Crippen LogP contribution in [0.4, 0.5) is 5.69 Å². The van der Waals surface area contributed by atoms with Gasteiger partial charge in [-0.05, 0) is 17.7 Å². The van der Waals surface area contributed by atoms with Gasteiger partial charge in [0.15, 0.2) is 0 Å². The molecule has 9 nitrogen and oxygen atoms in total.